The van der Waals surface area contributed by atoms with Crippen LogP contribution in [0.5, 0.6) is 11.5 Å². The van der Waals surface area contributed by atoms with E-state index in [4.69, 9.17) is 13.9 Å². The molecule has 5 heteroatoms. The Bertz CT molecular complexity index is 1090. The van der Waals surface area contributed by atoms with Gasteiger partial charge >= 0.3 is 5.63 Å². The normalized spacial score (nSPS) is 22.2. The van der Waals surface area contributed by atoms with Crippen LogP contribution >= 0.6 is 0 Å². The number of carbonyl (C=O) groups excluding carboxylic acids is 1. The molecular formula is C24H28O5. The van der Waals surface area contributed by atoms with E-state index < -0.39 is 11.2 Å². The summed E-state index contributed by atoms with van der Waals surface area (Å²) in [5.74, 6) is 0.888. The lowest BCUT2D eigenvalue weighted by Gasteiger charge is -2.37. The molecule has 0 radical (unpaired) electrons. The zero-order valence-corrected chi connectivity index (χ0v) is 17.9. The van der Waals surface area contributed by atoms with Gasteiger partial charge in [0.15, 0.2) is 11.4 Å². The van der Waals surface area contributed by atoms with Crippen molar-refractivity contribution in [1.29, 1.82) is 0 Å². The van der Waals surface area contributed by atoms with Crippen molar-refractivity contribution < 1.29 is 18.7 Å². The van der Waals surface area contributed by atoms with Crippen LogP contribution < -0.4 is 15.1 Å². The average Bonchev–Trinajstić information content (AvgIpc) is 2.62. The molecule has 2 aliphatic rings. The van der Waals surface area contributed by atoms with Gasteiger partial charge in [-0.2, -0.15) is 0 Å². The number of benzene rings is 1. The molecular weight excluding hydrogens is 368 g/mol. The van der Waals surface area contributed by atoms with Gasteiger partial charge in [0, 0.05) is 6.07 Å². The molecule has 0 saturated heterocycles. The molecule has 4 rings (SSSR count). The Morgan fingerprint density at radius 3 is 2.55 bits per heavy atom. The summed E-state index contributed by atoms with van der Waals surface area (Å²) >= 11 is 0. The smallest absolute Gasteiger partial charge is 0.336 e. The Morgan fingerprint density at radius 2 is 1.90 bits per heavy atom. The minimum Gasteiger partial charge on any atom is -0.488 e. The van der Waals surface area contributed by atoms with Crippen LogP contribution in [0.4, 0.5) is 0 Å². The zero-order chi connectivity index (χ0) is 21.1. The Kier molecular flexibility index (Phi) is 4.60. The summed E-state index contributed by atoms with van der Waals surface area (Å²) in [5, 5.41) is 0.713. The fraction of sp³-hybridized carbons (Fsp3) is 0.500. The molecule has 0 aliphatic carbocycles. The number of ether oxygens (including phenoxy) is 2. The molecule has 1 aromatic heterocycles. The summed E-state index contributed by atoms with van der Waals surface area (Å²) < 4.78 is 18.4. The molecule has 0 spiro atoms. The Labute approximate surface area is 170 Å². The highest BCUT2D eigenvalue weighted by Crippen LogP contribution is 2.49. The third-order valence-electron chi connectivity index (χ3n) is 5.81. The average molecular weight is 396 g/mol. The molecule has 0 unspecified atom stereocenters. The standard InChI is InChI=1S/C24H28O5/c1-7-8-14-11-16(25)27-23-17(14)22-15(9-10-24(5,6)29-22)21-18(23)19(26)13(4)20(28-21)12(2)3/h9-13,20H,7-8H2,1-6H3/t13-,20+/m0/s1. The van der Waals surface area contributed by atoms with Crippen LogP contribution in [0.15, 0.2) is 21.4 Å². The monoisotopic (exact) mass is 396 g/mol. The molecule has 0 amide bonds. The molecule has 29 heavy (non-hydrogen) atoms. The van der Waals surface area contributed by atoms with Gasteiger partial charge in [0.05, 0.1) is 16.9 Å². The van der Waals surface area contributed by atoms with E-state index in [1.165, 1.54) is 6.07 Å². The first kappa shape index (κ1) is 19.7. The third kappa shape index (κ3) is 3.07. The van der Waals surface area contributed by atoms with Crippen molar-refractivity contribution in [3.05, 3.63) is 39.3 Å². The van der Waals surface area contributed by atoms with Gasteiger partial charge in [0.2, 0.25) is 0 Å². The summed E-state index contributed by atoms with van der Waals surface area (Å²) in [4.78, 5) is 25.8. The van der Waals surface area contributed by atoms with E-state index in [0.29, 0.717) is 34.5 Å². The predicted molar refractivity (Wildman–Crippen MR) is 113 cm³/mol. The highest BCUT2D eigenvalue weighted by atomic mass is 16.5. The minimum absolute atomic E-state index is 0.0483. The molecule has 5 nitrogen and oxygen atoms in total. The second-order valence-corrected chi connectivity index (χ2v) is 9.01. The second-order valence-electron chi connectivity index (χ2n) is 9.01. The van der Waals surface area contributed by atoms with Crippen LogP contribution in [-0.4, -0.2) is 17.5 Å². The number of aryl methyl sites for hydroxylation is 1. The lowest BCUT2D eigenvalue weighted by atomic mass is 9.82. The van der Waals surface area contributed by atoms with Crippen molar-refractivity contribution in [1.82, 2.24) is 0 Å². The number of ketones is 1. The zero-order valence-electron chi connectivity index (χ0n) is 17.9. The number of carbonyl (C=O) groups is 1. The van der Waals surface area contributed by atoms with Crippen molar-refractivity contribution >= 4 is 22.8 Å². The van der Waals surface area contributed by atoms with Crippen LogP contribution in [0.2, 0.25) is 0 Å². The maximum atomic E-state index is 13.4. The van der Waals surface area contributed by atoms with E-state index in [-0.39, 0.29) is 23.7 Å². The quantitative estimate of drug-likeness (QED) is 0.670. The maximum absolute atomic E-state index is 13.4. The molecule has 0 fully saturated rings. The van der Waals surface area contributed by atoms with E-state index in [0.717, 1.165) is 17.5 Å². The predicted octanol–water partition coefficient (Wildman–Crippen LogP) is 5.17. The Hall–Kier alpha value is -2.56. The Morgan fingerprint density at radius 1 is 1.17 bits per heavy atom. The molecule has 2 aromatic rings. The van der Waals surface area contributed by atoms with E-state index in [9.17, 15) is 9.59 Å². The van der Waals surface area contributed by atoms with E-state index in [1.54, 1.807) is 0 Å². The number of rotatable bonds is 3. The third-order valence-corrected chi connectivity index (χ3v) is 5.81. The molecule has 0 N–H and O–H groups in total. The number of Topliss-reactive ketones (excluding diaryl/α,β-unsaturated/α-hetero) is 1. The van der Waals surface area contributed by atoms with Crippen LogP contribution in [0.3, 0.4) is 0 Å². The molecule has 1 aromatic carbocycles. The van der Waals surface area contributed by atoms with Gasteiger partial charge in [-0.05, 0) is 43.9 Å². The molecule has 2 atom stereocenters. The van der Waals surface area contributed by atoms with E-state index in [1.807, 2.05) is 46.8 Å². The van der Waals surface area contributed by atoms with Gasteiger partial charge in [-0.15, -0.1) is 0 Å². The minimum atomic E-state index is -0.517. The van der Waals surface area contributed by atoms with Crippen LogP contribution in [0, 0.1) is 11.8 Å². The molecule has 0 bridgehead atoms. The van der Waals surface area contributed by atoms with E-state index >= 15 is 0 Å². The van der Waals surface area contributed by atoms with Crippen molar-refractivity contribution in [2.24, 2.45) is 11.8 Å². The van der Waals surface area contributed by atoms with Crippen molar-refractivity contribution in [2.45, 2.75) is 66.1 Å². The summed E-state index contributed by atoms with van der Waals surface area (Å²) in [5.41, 5.74) is 1.28. The van der Waals surface area contributed by atoms with E-state index in [2.05, 4.69) is 6.92 Å². The summed E-state index contributed by atoms with van der Waals surface area (Å²) in [6, 6.07) is 1.52. The van der Waals surface area contributed by atoms with Gasteiger partial charge in [-0.3, -0.25) is 4.79 Å². The fourth-order valence-corrected chi connectivity index (χ4v) is 4.42. The first-order valence-electron chi connectivity index (χ1n) is 10.4. The van der Waals surface area contributed by atoms with Gasteiger partial charge < -0.3 is 13.9 Å². The lowest BCUT2D eigenvalue weighted by Crippen LogP contribution is -2.40. The van der Waals surface area contributed by atoms with Gasteiger partial charge in [-0.1, -0.05) is 34.1 Å². The van der Waals surface area contributed by atoms with Crippen LogP contribution in [-0.2, 0) is 6.42 Å². The molecule has 0 saturated carbocycles. The number of hydrogen-bond acceptors (Lipinski definition) is 5. The number of fused-ring (bicyclic) bond motifs is 6. The van der Waals surface area contributed by atoms with Crippen LogP contribution in [0.1, 0.15) is 69.4 Å². The topological polar surface area (TPSA) is 65.7 Å². The summed E-state index contributed by atoms with van der Waals surface area (Å²) in [7, 11) is 0. The number of hydrogen-bond donors (Lipinski definition) is 0. The fourth-order valence-electron chi connectivity index (χ4n) is 4.42. The summed E-state index contributed by atoms with van der Waals surface area (Å²) in [6.45, 7) is 12.0. The molecule has 154 valence electrons. The van der Waals surface area contributed by atoms with Gasteiger partial charge in [0.1, 0.15) is 28.8 Å². The van der Waals surface area contributed by atoms with Crippen LogP contribution in [0.25, 0.3) is 17.0 Å². The maximum Gasteiger partial charge on any atom is 0.336 e. The summed E-state index contributed by atoms with van der Waals surface area (Å²) in [6.07, 6.45) is 5.25. The largest absolute Gasteiger partial charge is 0.488 e. The lowest BCUT2D eigenvalue weighted by molar-refractivity contribution is 0.0554. The van der Waals surface area contributed by atoms with Crippen molar-refractivity contribution in [3.63, 3.8) is 0 Å². The first-order valence-corrected chi connectivity index (χ1v) is 10.4. The molecule has 2 aliphatic heterocycles. The van der Waals surface area contributed by atoms with Gasteiger partial charge in [0.25, 0.3) is 0 Å². The highest BCUT2D eigenvalue weighted by Gasteiger charge is 2.42. The SMILES string of the molecule is CCCc1cc(=O)oc2c3c(c4c(c12)OC(C)(C)C=C4)O[C@H](C(C)C)[C@@H](C)C3=O. The first-order chi connectivity index (χ1) is 13.6. The van der Waals surface area contributed by atoms with Crippen molar-refractivity contribution in [3.8, 4) is 11.5 Å². The highest BCUT2D eigenvalue weighted by molar-refractivity contribution is 6.14. The van der Waals surface area contributed by atoms with Crippen molar-refractivity contribution in [2.75, 3.05) is 0 Å². The second kappa shape index (κ2) is 6.75. The molecule has 3 heterocycles. The Balaban J connectivity index is 2.14. The van der Waals surface area contributed by atoms with Gasteiger partial charge in [-0.25, -0.2) is 4.79 Å².